The van der Waals surface area contributed by atoms with Crippen LogP contribution in [0.4, 0.5) is 0 Å². The molecule has 0 aliphatic carbocycles. The number of ether oxygens (including phenoxy) is 1. The highest BCUT2D eigenvalue weighted by Gasteiger charge is 2.20. The molecule has 0 radical (unpaired) electrons. The molecular weight excluding hydrogens is 456 g/mol. The number of fused-ring (bicyclic) bond motifs is 2. The predicted octanol–water partition coefficient (Wildman–Crippen LogP) is 3.88. The third kappa shape index (κ3) is 4.49. The summed E-state index contributed by atoms with van der Waals surface area (Å²) in [7, 11) is 0. The van der Waals surface area contributed by atoms with Crippen LogP contribution in [-0.2, 0) is 11.3 Å². The van der Waals surface area contributed by atoms with Crippen molar-refractivity contribution in [3.05, 3.63) is 86.7 Å². The van der Waals surface area contributed by atoms with Gasteiger partial charge in [-0.15, -0.1) is 0 Å². The van der Waals surface area contributed by atoms with Crippen LogP contribution in [0.3, 0.4) is 0 Å². The van der Waals surface area contributed by atoms with E-state index >= 15 is 0 Å². The van der Waals surface area contributed by atoms with Crippen molar-refractivity contribution in [2.75, 3.05) is 6.61 Å². The highest BCUT2D eigenvalue weighted by molar-refractivity contribution is 6.31. The third-order valence-corrected chi connectivity index (χ3v) is 5.35. The fraction of sp³-hybridized carbons (Fsp3) is 0.240. The van der Waals surface area contributed by atoms with Gasteiger partial charge in [0, 0.05) is 23.3 Å². The molecule has 0 saturated carbocycles. The summed E-state index contributed by atoms with van der Waals surface area (Å²) in [5.41, 5.74) is 0.794. The van der Waals surface area contributed by atoms with Crippen molar-refractivity contribution in [1.82, 2.24) is 14.0 Å². The molecule has 0 aliphatic rings. The van der Waals surface area contributed by atoms with Gasteiger partial charge < -0.3 is 9.30 Å². The second kappa shape index (κ2) is 9.61. The first-order valence-electron chi connectivity index (χ1n) is 10.9. The average Bonchev–Trinajstić information content (AvgIpc) is 2.80. The van der Waals surface area contributed by atoms with Crippen LogP contribution in [0.5, 0.6) is 0 Å². The van der Waals surface area contributed by atoms with Crippen LogP contribution in [-0.4, -0.2) is 32.4 Å². The lowest BCUT2D eigenvalue weighted by Gasteiger charge is -2.16. The number of amides is 1. The number of hydrogen-bond acceptors (Lipinski definition) is 5. The molecule has 0 saturated heterocycles. The number of nitrogens with zero attached hydrogens (tertiary/aromatic N) is 4. The molecule has 174 valence electrons. The van der Waals surface area contributed by atoms with E-state index in [9.17, 15) is 14.4 Å². The average molecular weight is 479 g/mol. The Bertz CT molecular complexity index is 1550. The topological polar surface area (TPSA) is 95.0 Å². The third-order valence-electron chi connectivity index (χ3n) is 5.11. The summed E-state index contributed by atoms with van der Waals surface area (Å²) in [6, 6.07) is 13.0. The van der Waals surface area contributed by atoms with Crippen molar-refractivity contribution in [2.24, 2.45) is 10.9 Å². The van der Waals surface area contributed by atoms with Gasteiger partial charge in [-0.1, -0.05) is 37.6 Å². The number of benzene rings is 1. The van der Waals surface area contributed by atoms with Gasteiger partial charge in [0.05, 0.1) is 12.0 Å². The molecule has 3 heterocycles. The summed E-state index contributed by atoms with van der Waals surface area (Å²) in [6.07, 6.45) is 1.61. The van der Waals surface area contributed by atoms with Gasteiger partial charge in [0.15, 0.2) is 5.49 Å². The monoisotopic (exact) mass is 478 g/mol. The molecule has 9 heteroatoms. The molecule has 3 aromatic heterocycles. The molecule has 0 spiro atoms. The number of aromatic nitrogens is 3. The van der Waals surface area contributed by atoms with Gasteiger partial charge in [-0.3, -0.25) is 14.0 Å². The van der Waals surface area contributed by atoms with Crippen LogP contribution < -0.4 is 11.0 Å². The summed E-state index contributed by atoms with van der Waals surface area (Å²) in [4.78, 5) is 48.3. The Balaban J connectivity index is 2.14. The molecular formula is C25H23ClN4O4. The number of pyridine rings is 2. The maximum Gasteiger partial charge on any atom is 0.341 e. The van der Waals surface area contributed by atoms with Gasteiger partial charge in [0.2, 0.25) is 0 Å². The van der Waals surface area contributed by atoms with E-state index in [2.05, 4.69) is 9.98 Å². The van der Waals surface area contributed by atoms with Crippen LogP contribution in [0.15, 0.2) is 64.5 Å². The summed E-state index contributed by atoms with van der Waals surface area (Å²) in [5, 5.41) is 0.614. The zero-order valence-electron chi connectivity index (χ0n) is 19.0. The lowest BCUT2D eigenvalue weighted by atomic mass is 10.1. The lowest BCUT2D eigenvalue weighted by molar-refractivity contribution is 0.0523. The van der Waals surface area contributed by atoms with E-state index in [0.717, 1.165) is 0 Å². The van der Waals surface area contributed by atoms with E-state index in [4.69, 9.17) is 16.3 Å². The van der Waals surface area contributed by atoms with Gasteiger partial charge in [0.1, 0.15) is 16.9 Å². The number of hydrogen-bond donors (Lipinski definition) is 0. The van der Waals surface area contributed by atoms with Gasteiger partial charge in [0.25, 0.3) is 11.5 Å². The highest BCUT2D eigenvalue weighted by atomic mass is 35.5. The van der Waals surface area contributed by atoms with Crippen LogP contribution in [0.1, 0.15) is 41.5 Å². The summed E-state index contributed by atoms with van der Waals surface area (Å²) in [6.45, 7) is 6.12. The Morgan fingerprint density at radius 2 is 1.94 bits per heavy atom. The molecule has 34 heavy (non-hydrogen) atoms. The Hall–Kier alpha value is -3.78. The maximum atomic E-state index is 13.3. The van der Waals surface area contributed by atoms with Crippen LogP contribution in [0.2, 0.25) is 5.02 Å². The zero-order valence-corrected chi connectivity index (χ0v) is 19.7. The minimum Gasteiger partial charge on any atom is -0.462 e. The standard InChI is InChI=1S/C25H23ClN4O4/c1-4-34-25(33)19-13-18-21(27-20-10-5-6-11-29(20)24(18)32)30(14-15(2)3)22(19)28-23(31)16-8-7-9-17(26)12-16/h5-13,15H,4,14H2,1-3H3. The van der Waals surface area contributed by atoms with Crippen molar-refractivity contribution in [2.45, 2.75) is 27.3 Å². The minimum atomic E-state index is -0.683. The zero-order chi connectivity index (χ0) is 24.4. The Kier molecular flexibility index (Phi) is 6.61. The van der Waals surface area contributed by atoms with Crippen LogP contribution in [0.25, 0.3) is 16.7 Å². The maximum absolute atomic E-state index is 13.3. The first kappa shape index (κ1) is 23.4. The molecule has 0 N–H and O–H groups in total. The number of esters is 1. The molecule has 1 aromatic carbocycles. The Morgan fingerprint density at radius 1 is 1.15 bits per heavy atom. The molecule has 0 aliphatic heterocycles. The molecule has 1 amide bonds. The SMILES string of the molecule is CCOC(=O)c1cc2c(=O)n3ccccc3nc2n(CC(C)C)c1=NC(=O)c1cccc(Cl)c1. The van der Waals surface area contributed by atoms with E-state index in [1.54, 1.807) is 54.1 Å². The normalized spacial score (nSPS) is 12.0. The molecule has 0 unspecified atom stereocenters. The fourth-order valence-electron chi connectivity index (χ4n) is 3.68. The summed E-state index contributed by atoms with van der Waals surface area (Å²) >= 11 is 6.05. The molecule has 4 aromatic rings. The highest BCUT2D eigenvalue weighted by Crippen LogP contribution is 2.15. The van der Waals surface area contributed by atoms with E-state index in [0.29, 0.717) is 22.9 Å². The predicted molar refractivity (Wildman–Crippen MR) is 129 cm³/mol. The van der Waals surface area contributed by atoms with E-state index in [1.807, 2.05) is 13.8 Å². The first-order valence-corrected chi connectivity index (χ1v) is 11.2. The van der Waals surface area contributed by atoms with Crippen LogP contribution in [0, 0.1) is 5.92 Å². The number of carbonyl (C=O) groups is 2. The Labute approximate surface area is 200 Å². The smallest absolute Gasteiger partial charge is 0.341 e. The summed E-state index contributed by atoms with van der Waals surface area (Å²) in [5.74, 6) is -1.17. The minimum absolute atomic E-state index is 0.0140. The van der Waals surface area contributed by atoms with Gasteiger partial charge >= 0.3 is 5.97 Å². The van der Waals surface area contributed by atoms with Crippen molar-refractivity contribution < 1.29 is 14.3 Å². The number of halogens is 1. The molecule has 0 atom stereocenters. The van der Waals surface area contributed by atoms with E-state index in [-0.39, 0.29) is 40.1 Å². The van der Waals surface area contributed by atoms with Crippen molar-refractivity contribution >= 4 is 40.2 Å². The Morgan fingerprint density at radius 3 is 2.65 bits per heavy atom. The number of carbonyl (C=O) groups excluding carboxylic acids is 2. The van der Waals surface area contributed by atoms with Gasteiger partial charge in [-0.25, -0.2) is 9.78 Å². The second-order valence-electron chi connectivity index (χ2n) is 8.12. The largest absolute Gasteiger partial charge is 0.462 e. The summed E-state index contributed by atoms with van der Waals surface area (Å²) < 4.78 is 8.29. The first-order chi connectivity index (χ1) is 16.3. The molecule has 0 bridgehead atoms. The lowest BCUT2D eigenvalue weighted by Crippen LogP contribution is -2.33. The van der Waals surface area contributed by atoms with Crippen molar-refractivity contribution in [3.8, 4) is 0 Å². The second-order valence-corrected chi connectivity index (χ2v) is 8.55. The fourth-order valence-corrected chi connectivity index (χ4v) is 3.87. The van der Waals surface area contributed by atoms with Crippen LogP contribution >= 0.6 is 11.6 Å². The van der Waals surface area contributed by atoms with Crippen molar-refractivity contribution in [1.29, 1.82) is 0 Å². The quantitative estimate of drug-likeness (QED) is 0.320. The number of rotatable bonds is 5. The molecule has 4 rings (SSSR count). The molecule has 0 fully saturated rings. The van der Waals surface area contributed by atoms with Crippen molar-refractivity contribution in [3.63, 3.8) is 0 Å². The van der Waals surface area contributed by atoms with Gasteiger partial charge in [-0.2, -0.15) is 4.99 Å². The van der Waals surface area contributed by atoms with Gasteiger partial charge in [-0.05, 0) is 49.2 Å². The van der Waals surface area contributed by atoms with E-state index in [1.165, 1.54) is 16.5 Å². The molecule has 8 nitrogen and oxygen atoms in total. The van der Waals surface area contributed by atoms with E-state index < -0.39 is 11.9 Å².